The first kappa shape index (κ1) is 19.2. The topological polar surface area (TPSA) is 84.5 Å². The van der Waals surface area contributed by atoms with Crippen LogP contribution in [0.5, 0.6) is 0 Å². The number of carbonyl (C=O) groups excluding carboxylic acids is 1. The maximum Gasteiger partial charge on any atom is 0.350 e. The Morgan fingerprint density at radius 2 is 2.14 bits per heavy atom. The van der Waals surface area contributed by atoms with Crippen LogP contribution in [0.25, 0.3) is 5.65 Å². The lowest BCUT2D eigenvalue weighted by Crippen LogP contribution is -2.35. The molecule has 0 spiro atoms. The summed E-state index contributed by atoms with van der Waals surface area (Å²) in [5.74, 6) is 0.984. The molecule has 0 saturated carbocycles. The maximum atomic E-state index is 12.8. The molecule has 1 fully saturated rings. The first-order chi connectivity index (χ1) is 13.9. The van der Waals surface area contributed by atoms with E-state index in [0.29, 0.717) is 17.4 Å². The van der Waals surface area contributed by atoms with Crippen molar-refractivity contribution in [1.29, 1.82) is 0 Å². The van der Waals surface area contributed by atoms with Gasteiger partial charge in [-0.25, -0.2) is 18.9 Å². The second-order valence-corrected chi connectivity index (χ2v) is 7.94. The normalized spacial score (nSPS) is 16.9. The molecule has 0 bridgehead atoms. The fraction of sp³-hybridized carbons (Fsp3) is 0.429. The van der Waals surface area contributed by atoms with Gasteiger partial charge in [0.25, 0.3) is 0 Å². The summed E-state index contributed by atoms with van der Waals surface area (Å²) in [7, 11) is 0. The van der Waals surface area contributed by atoms with E-state index >= 15 is 0 Å². The minimum Gasteiger partial charge on any atom is -0.353 e. The van der Waals surface area contributed by atoms with Crippen LogP contribution in [0.4, 0.5) is 11.5 Å². The molecule has 8 heteroatoms. The fourth-order valence-corrected chi connectivity index (χ4v) is 3.84. The zero-order valence-corrected chi connectivity index (χ0v) is 17.1. The monoisotopic (exact) mass is 394 g/mol. The molecule has 1 atom stereocenters. The van der Waals surface area contributed by atoms with Crippen LogP contribution in [0.3, 0.4) is 0 Å². The lowest BCUT2D eigenvalue weighted by atomic mass is 10.0. The van der Waals surface area contributed by atoms with Crippen molar-refractivity contribution in [3.05, 3.63) is 52.2 Å². The van der Waals surface area contributed by atoms with Gasteiger partial charge in [-0.1, -0.05) is 19.1 Å². The van der Waals surface area contributed by atoms with Crippen LogP contribution in [0.15, 0.2) is 35.4 Å². The number of hydrogen-bond acceptors (Lipinski definition) is 5. The second-order valence-electron chi connectivity index (χ2n) is 7.94. The average molecular weight is 394 g/mol. The van der Waals surface area contributed by atoms with Gasteiger partial charge in [-0.3, -0.25) is 4.79 Å². The molecule has 1 saturated heterocycles. The summed E-state index contributed by atoms with van der Waals surface area (Å²) in [4.78, 5) is 32.0. The van der Waals surface area contributed by atoms with Crippen molar-refractivity contribution in [3.63, 3.8) is 0 Å². The van der Waals surface area contributed by atoms with Crippen LogP contribution in [0.1, 0.15) is 30.9 Å². The molecule has 8 nitrogen and oxygen atoms in total. The van der Waals surface area contributed by atoms with Crippen LogP contribution < -0.4 is 15.9 Å². The second kappa shape index (κ2) is 7.69. The highest BCUT2D eigenvalue weighted by Crippen LogP contribution is 2.23. The van der Waals surface area contributed by atoms with Gasteiger partial charge >= 0.3 is 5.69 Å². The molecule has 3 aromatic rings. The van der Waals surface area contributed by atoms with Crippen molar-refractivity contribution in [2.45, 2.75) is 40.2 Å². The number of amides is 1. The van der Waals surface area contributed by atoms with Crippen LogP contribution in [-0.2, 0) is 11.3 Å². The zero-order valence-electron chi connectivity index (χ0n) is 17.1. The Morgan fingerprint density at radius 3 is 2.93 bits per heavy atom. The number of aryl methyl sites for hydroxylation is 2. The lowest BCUT2D eigenvalue weighted by molar-refractivity contribution is -0.117. The first-order valence-electron chi connectivity index (χ1n) is 9.98. The summed E-state index contributed by atoms with van der Waals surface area (Å²) in [5, 5.41) is 7.32. The number of benzene rings is 1. The van der Waals surface area contributed by atoms with Crippen molar-refractivity contribution in [2.24, 2.45) is 5.92 Å². The maximum absolute atomic E-state index is 12.8. The highest BCUT2D eigenvalue weighted by Gasteiger charge is 2.22. The van der Waals surface area contributed by atoms with E-state index in [-0.39, 0.29) is 18.1 Å². The summed E-state index contributed by atoms with van der Waals surface area (Å²) in [6.07, 6.45) is 5.50. The molecule has 0 radical (unpaired) electrons. The quantitative estimate of drug-likeness (QED) is 0.734. The van der Waals surface area contributed by atoms with Gasteiger partial charge in [-0.15, -0.1) is 5.10 Å². The molecule has 4 rings (SSSR count). The van der Waals surface area contributed by atoms with Gasteiger partial charge in [0.2, 0.25) is 11.6 Å². The third-order valence-electron chi connectivity index (χ3n) is 5.40. The van der Waals surface area contributed by atoms with E-state index in [0.717, 1.165) is 36.3 Å². The van der Waals surface area contributed by atoms with Crippen molar-refractivity contribution < 1.29 is 4.79 Å². The van der Waals surface area contributed by atoms with Crippen LogP contribution >= 0.6 is 0 Å². The Balaban J connectivity index is 1.60. The van der Waals surface area contributed by atoms with Crippen molar-refractivity contribution in [1.82, 2.24) is 19.2 Å². The highest BCUT2D eigenvalue weighted by molar-refractivity contribution is 5.91. The Morgan fingerprint density at radius 1 is 1.31 bits per heavy atom. The number of piperidine rings is 1. The van der Waals surface area contributed by atoms with Crippen LogP contribution in [0, 0.1) is 19.8 Å². The van der Waals surface area contributed by atoms with Gasteiger partial charge in [0.05, 0.1) is 0 Å². The summed E-state index contributed by atoms with van der Waals surface area (Å²) >= 11 is 0. The Hall–Kier alpha value is -3.16. The minimum atomic E-state index is -0.343. The molecule has 0 aliphatic carbocycles. The summed E-state index contributed by atoms with van der Waals surface area (Å²) in [5.41, 5.74) is 2.92. The number of aromatic nitrogens is 4. The van der Waals surface area contributed by atoms with Crippen molar-refractivity contribution in [2.75, 3.05) is 23.3 Å². The van der Waals surface area contributed by atoms with E-state index in [4.69, 9.17) is 0 Å². The van der Waals surface area contributed by atoms with Crippen LogP contribution in [-0.4, -0.2) is 38.2 Å². The van der Waals surface area contributed by atoms with E-state index < -0.39 is 0 Å². The van der Waals surface area contributed by atoms with E-state index in [9.17, 15) is 9.59 Å². The standard InChI is InChI=1S/C21H26N6O2/c1-14-6-7-16(3)17(11-14)23-18(28)13-27-21(29)26-10-8-22-19(20(26)24-27)25-9-4-5-15(2)12-25/h6-8,10-11,15H,4-5,9,12-13H2,1-3H3,(H,23,28)/t15-/m0/s1. The third-order valence-corrected chi connectivity index (χ3v) is 5.40. The molecule has 0 unspecified atom stereocenters. The first-order valence-corrected chi connectivity index (χ1v) is 9.98. The number of anilines is 2. The molecule has 3 heterocycles. The molecule has 152 valence electrons. The molecule has 29 heavy (non-hydrogen) atoms. The molecule has 1 aliphatic heterocycles. The molecule has 2 aromatic heterocycles. The molecule has 1 N–H and O–H groups in total. The van der Waals surface area contributed by atoms with E-state index in [1.54, 1.807) is 12.4 Å². The number of hydrogen-bond donors (Lipinski definition) is 1. The molecule has 1 aromatic carbocycles. The predicted octanol–water partition coefficient (Wildman–Crippen LogP) is 2.38. The number of rotatable bonds is 4. The summed E-state index contributed by atoms with van der Waals surface area (Å²) in [6.45, 7) is 7.76. The van der Waals surface area contributed by atoms with E-state index in [2.05, 4.69) is 27.2 Å². The number of carbonyl (C=O) groups is 1. The van der Waals surface area contributed by atoms with E-state index in [1.165, 1.54) is 15.5 Å². The van der Waals surface area contributed by atoms with Crippen molar-refractivity contribution in [3.8, 4) is 0 Å². The smallest absolute Gasteiger partial charge is 0.350 e. The molecule has 1 amide bonds. The molecular weight excluding hydrogens is 368 g/mol. The summed E-state index contributed by atoms with van der Waals surface area (Å²) in [6, 6.07) is 5.87. The van der Waals surface area contributed by atoms with Gasteiger partial charge in [-0.2, -0.15) is 0 Å². The molecule has 1 aliphatic rings. The SMILES string of the molecule is Cc1ccc(C)c(NC(=O)Cn2nc3c(N4CCC[C@H](C)C4)nccn3c2=O)c1. The highest BCUT2D eigenvalue weighted by atomic mass is 16.2. The Kier molecular flexibility index (Phi) is 5.08. The largest absolute Gasteiger partial charge is 0.353 e. The summed E-state index contributed by atoms with van der Waals surface area (Å²) < 4.78 is 2.67. The fourth-order valence-electron chi connectivity index (χ4n) is 3.84. The Labute approximate surface area is 169 Å². The van der Waals surface area contributed by atoms with Gasteiger partial charge in [0, 0.05) is 31.2 Å². The Bertz CT molecular complexity index is 1120. The van der Waals surface area contributed by atoms with Gasteiger partial charge in [0.1, 0.15) is 6.54 Å². The number of nitrogens with one attached hydrogen (secondary N) is 1. The van der Waals surface area contributed by atoms with Gasteiger partial charge in [-0.05, 0) is 49.8 Å². The predicted molar refractivity (Wildman–Crippen MR) is 112 cm³/mol. The number of fused-ring (bicyclic) bond motifs is 1. The third kappa shape index (κ3) is 3.87. The van der Waals surface area contributed by atoms with E-state index in [1.807, 2.05) is 32.0 Å². The van der Waals surface area contributed by atoms with Gasteiger partial charge < -0.3 is 10.2 Å². The average Bonchev–Trinajstić information content (AvgIpc) is 3.00. The molecular formula is C21H26N6O2. The number of nitrogens with zero attached hydrogens (tertiary/aromatic N) is 5. The van der Waals surface area contributed by atoms with Crippen molar-refractivity contribution >= 4 is 23.1 Å². The lowest BCUT2D eigenvalue weighted by Gasteiger charge is -2.31. The minimum absolute atomic E-state index is 0.149. The van der Waals surface area contributed by atoms with Crippen LogP contribution in [0.2, 0.25) is 0 Å². The van der Waals surface area contributed by atoms with Gasteiger partial charge in [0.15, 0.2) is 5.82 Å². The zero-order chi connectivity index (χ0) is 20.5.